The SMILES string of the molecule is Nc1cc(C(=O)O)ccc1NC(=O)CC(F)(F)F. The van der Waals surface area contributed by atoms with Crippen molar-refractivity contribution < 1.29 is 27.9 Å². The summed E-state index contributed by atoms with van der Waals surface area (Å²) in [6.07, 6.45) is -6.24. The number of halogens is 3. The quantitative estimate of drug-likeness (QED) is 0.725. The van der Waals surface area contributed by atoms with Crippen molar-refractivity contribution in [2.75, 3.05) is 11.1 Å². The van der Waals surface area contributed by atoms with Gasteiger partial charge in [-0.2, -0.15) is 13.2 Å². The van der Waals surface area contributed by atoms with Gasteiger partial charge in [0.25, 0.3) is 0 Å². The van der Waals surface area contributed by atoms with Gasteiger partial charge >= 0.3 is 12.1 Å². The largest absolute Gasteiger partial charge is 0.478 e. The minimum Gasteiger partial charge on any atom is -0.478 e. The maximum atomic E-state index is 11.9. The van der Waals surface area contributed by atoms with E-state index in [0.717, 1.165) is 18.2 Å². The molecule has 0 heterocycles. The second kappa shape index (κ2) is 4.94. The number of nitrogens with two attached hydrogens (primary N) is 1. The predicted molar refractivity (Wildman–Crippen MR) is 57.1 cm³/mol. The van der Waals surface area contributed by atoms with Crippen LogP contribution < -0.4 is 11.1 Å². The highest BCUT2D eigenvalue weighted by molar-refractivity contribution is 5.96. The fourth-order valence-electron chi connectivity index (χ4n) is 1.19. The maximum Gasteiger partial charge on any atom is 0.397 e. The summed E-state index contributed by atoms with van der Waals surface area (Å²) in [5, 5.41) is 10.6. The van der Waals surface area contributed by atoms with Gasteiger partial charge in [-0.15, -0.1) is 0 Å². The van der Waals surface area contributed by atoms with E-state index in [4.69, 9.17) is 10.8 Å². The second-order valence-electron chi connectivity index (χ2n) is 3.45. The summed E-state index contributed by atoms with van der Waals surface area (Å²) in [6.45, 7) is 0. The first kappa shape index (κ1) is 13.8. The molecule has 0 bridgehead atoms. The van der Waals surface area contributed by atoms with Crippen LogP contribution in [0.5, 0.6) is 0 Å². The van der Waals surface area contributed by atoms with Crippen LogP contribution in [0.1, 0.15) is 16.8 Å². The molecule has 0 atom stereocenters. The van der Waals surface area contributed by atoms with Gasteiger partial charge in [0, 0.05) is 0 Å². The molecule has 0 aliphatic heterocycles. The third-order valence-corrected chi connectivity index (χ3v) is 1.93. The Bertz CT molecular complexity index is 486. The van der Waals surface area contributed by atoms with Crippen LogP contribution in [0.3, 0.4) is 0 Å². The van der Waals surface area contributed by atoms with Crippen LogP contribution in [0.25, 0.3) is 0 Å². The number of carbonyl (C=O) groups excluding carboxylic acids is 1. The second-order valence-corrected chi connectivity index (χ2v) is 3.45. The smallest absolute Gasteiger partial charge is 0.397 e. The molecule has 1 amide bonds. The van der Waals surface area contributed by atoms with Crippen molar-refractivity contribution in [3.8, 4) is 0 Å². The number of carbonyl (C=O) groups is 2. The molecule has 0 radical (unpaired) electrons. The molecule has 0 fully saturated rings. The van der Waals surface area contributed by atoms with E-state index in [1.165, 1.54) is 0 Å². The standard InChI is InChI=1S/C10H9F3N2O3/c11-10(12,13)4-8(16)15-7-2-1-5(9(17)18)3-6(7)14/h1-3H,4,14H2,(H,15,16)(H,17,18). The van der Waals surface area contributed by atoms with Gasteiger partial charge in [0.1, 0.15) is 6.42 Å². The summed E-state index contributed by atoms with van der Waals surface area (Å²) >= 11 is 0. The molecule has 18 heavy (non-hydrogen) atoms. The Morgan fingerprint density at radius 2 is 1.94 bits per heavy atom. The van der Waals surface area contributed by atoms with Crippen LogP contribution in [0, 0.1) is 0 Å². The monoisotopic (exact) mass is 262 g/mol. The lowest BCUT2D eigenvalue weighted by Crippen LogP contribution is -2.21. The number of benzene rings is 1. The average Bonchev–Trinajstić information content (AvgIpc) is 2.17. The van der Waals surface area contributed by atoms with E-state index >= 15 is 0 Å². The molecule has 0 spiro atoms. The molecule has 0 unspecified atom stereocenters. The summed E-state index contributed by atoms with van der Waals surface area (Å²) < 4.78 is 35.7. The lowest BCUT2D eigenvalue weighted by molar-refractivity contribution is -0.150. The third kappa shape index (κ3) is 3.96. The number of hydrogen-bond acceptors (Lipinski definition) is 3. The highest BCUT2D eigenvalue weighted by Crippen LogP contribution is 2.23. The van der Waals surface area contributed by atoms with Crippen LogP contribution in [0.4, 0.5) is 24.5 Å². The first-order valence-corrected chi connectivity index (χ1v) is 4.68. The average molecular weight is 262 g/mol. The molecule has 0 aliphatic carbocycles. The topological polar surface area (TPSA) is 92.4 Å². The number of amides is 1. The summed E-state index contributed by atoms with van der Waals surface area (Å²) in [5.74, 6) is -2.49. The molecule has 98 valence electrons. The molecule has 0 aromatic heterocycles. The van der Waals surface area contributed by atoms with Gasteiger partial charge in [-0.1, -0.05) is 0 Å². The van der Waals surface area contributed by atoms with E-state index in [-0.39, 0.29) is 16.9 Å². The summed E-state index contributed by atoms with van der Waals surface area (Å²) in [4.78, 5) is 21.6. The van der Waals surface area contributed by atoms with Crippen LogP contribution >= 0.6 is 0 Å². The number of carboxylic acid groups (broad SMARTS) is 1. The Morgan fingerprint density at radius 3 is 2.39 bits per heavy atom. The van der Waals surface area contributed by atoms with Crippen LogP contribution in [0.15, 0.2) is 18.2 Å². The predicted octanol–water partition coefficient (Wildman–Crippen LogP) is 1.86. The maximum absolute atomic E-state index is 11.9. The number of alkyl halides is 3. The van der Waals surface area contributed by atoms with Gasteiger partial charge in [0.2, 0.25) is 5.91 Å². The van der Waals surface area contributed by atoms with Crippen molar-refractivity contribution in [3.63, 3.8) is 0 Å². The lowest BCUT2D eigenvalue weighted by atomic mass is 10.1. The Morgan fingerprint density at radius 1 is 1.33 bits per heavy atom. The number of nitrogen functional groups attached to an aromatic ring is 1. The molecule has 0 saturated heterocycles. The zero-order chi connectivity index (χ0) is 13.9. The van der Waals surface area contributed by atoms with Gasteiger partial charge in [-0.3, -0.25) is 4.79 Å². The van der Waals surface area contributed by atoms with E-state index in [9.17, 15) is 22.8 Å². The highest BCUT2D eigenvalue weighted by Gasteiger charge is 2.31. The summed E-state index contributed by atoms with van der Waals surface area (Å²) in [7, 11) is 0. The number of hydrogen-bond donors (Lipinski definition) is 3. The minimum atomic E-state index is -4.61. The van der Waals surface area contributed by atoms with Crippen LogP contribution in [-0.4, -0.2) is 23.2 Å². The van der Waals surface area contributed by atoms with Crippen LogP contribution in [0.2, 0.25) is 0 Å². The van der Waals surface area contributed by atoms with E-state index in [1.807, 2.05) is 5.32 Å². The summed E-state index contributed by atoms with van der Waals surface area (Å²) in [6, 6.07) is 3.31. The number of carboxylic acids is 1. The van der Waals surface area contributed by atoms with Crippen molar-refractivity contribution in [2.24, 2.45) is 0 Å². The third-order valence-electron chi connectivity index (χ3n) is 1.93. The molecule has 0 aliphatic rings. The lowest BCUT2D eigenvalue weighted by Gasteiger charge is -2.10. The Hall–Kier alpha value is -2.25. The molecule has 5 nitrogen and oxygen atoms in total. The fraction of sp³-hybridized carbons (Fsp3) is 0.200. The van der Waals surface area contributed by atoms with E-state index in [0.29, 0.717) is 0 Å². The minimum absolute atomic E-state index is 0.0609. The number of anilines is 2. The highest BCUT2D eigenvalue weighted by atomic mass is 19.4. The Kier molecular flexibility index (Phi) is 3.79. The van der Waals surface area contributed by atoms with Crippen LogP contribution in [-0.2, 0) is 4.79 Å². The molecule has 0 saturated carbocycles. The van der Waals surface area contributed by atoms with Gasteiger partial charge < -0.3 is 16.2 Å². The summed E-state index contributed by atoms with van der Waals surface area (Å²) in [5.41, 5.74) is 5.11. The molecular weight excluding hydrogens is 253 g/mol. The van der Waals surface area contributed by atoms with E-state index < -0.39 is 24.5 Å². The van der Waals surface area contributed by atoms with Crippen molar-refractivity contribution in [1.82, 2.24) is 0 Å². The number of aromatic carboxylic acids is 1. The zero-order valence-electron chi connectivity index (χ0n) is 8.91. The first-order valence-electron chi connectivity index (χ1n) is 4.68. The normalized spacial score (nSPS) is 11.1. The molecule has 1 aromatic carbocycles. The fourth-order valence-corrected chi connectivity index (χ4v) is 1.19. The van der Waals surface area contributed by atoms with E-state index in [2.05, 4.69) is 0 Å². The van der Waals surface area contributed by atoms with Crippen molar-refractivity contribution in [3.05, 3.63) is 23.8 Å². The van der Waals surface area contributed by atoms with Crippen molar-refractivity contribution in [2.45, 2.75) is 12.6 Å². The number of nitrogens with one attached hydrogen (secondary N) is 1. The number of rotatable bonds is 3. The first-order chi connectivity index (χ1) is 8.19. The van der Waals surface area contributed by atoms with Crippen molar-refractivity contribution in [1.29, 1.82) is 0 Å². The molecule has 4 N–H and O–H groups in total. The zero-order valence-corrected chi connectivity index (χ0v) is 8.91. The van der Waals surface area contributed by atoms with E-state index in [1.54, 1.807) is 0 Å². The molecule has 1 rings (SSSR count). The van der Waals surface area contributed by atoms with Gasteiger partial charge in [-0.05, 0) is 18.2 Å². The van der Waals surface area contributed by atoms with Gasteiger partial charge in [0.15, 0.2) is 0 Å². The molecular formula is C10H9F3N2O3. The molecule has 8 heteroatoms. The van der Waals surface area contributed by atoms with Gasteiger partial charge in [0.05, 0.1) is 16.9 Å². The van der Waals surface area contributed by atoms with Gasteiger partial charge in [-0.25, -0.2) is 4.79 Å². The van der Waals surface area contributed by atoms with Crippen molar-refractivity contribution >= 4 is 23.3 Å². The molecule has 1 aromatic rings. The Labute approximate surface area is 99.4 Å². The Balaban J connectivity index is 2.80.